The molecule has 1 atom stereocenters. The Balaban J connectivity index is 1.77. The van der Waals surface area contributed by atoms with Crippen molar-refractivity contribution >= 4 is 17.4 Å². The van der Waals surface area contributed by atoms with Crippen molar-refractivity contribution in [2.45, 2.75) is 51.8 Å². The van der Waals surface area contributed by atoms with E-state index in [4.69, 9.17) is 4.74 Å². The van der Waals surface area contributed by atoms with Gasteiger partial charge >= 0.3 is 6.09 Å². The summed E-state index contributed by atoms with van der Waals surface area (Å²) in [4.78, 5) is 15.0. The maximum atomic E-state index is 11.8. The highest BCUT2D eigenvalue weighted by Gasteiger charge is 2.34. The molecule has 1 amide bonds. The molecule has 1 fully saturated rings. The fourth-order valence-electron chi connectivity index (χ4n) is 2.23. The van der Waals surface area contributed by atoms with Gasteiger partial charge in [0, 0.05) is 30.1 Å². The Morgan fingerprint density at radius 1 is 1.55 bits per heavy atom. The Hall–Kier alpha value is -1.07. The van der Waals surface area contributed by atoms with Crippen LogP contribution in [0.5, 0.6) is 0 Å². The Morgan fingerprint density at radius 2 is 2.25 bits per heavy atom. The van der Waals surface area contributed by atoms with Crippen LogP contribution >= 0.6 is 11.3 Å². The van der Waals surface area contributed by atoms with Crippen LogP contribution in [0.1, 0.15) is 45.0 Å². The molecule has 1 aromatic rings. The van der Waals surface area contributed by atoms with Gasteiger partial charge in [-0.25, -0.2) is 4.79 Å². The van der Waals surface area contributed by atoms with Gasteiger partial charge in [-0.2, -0.15) is 0 Å². The molecule has 0 saturated carbocycles. The van der Waals surface area contributed by atoms with E-state index in [-0.39, 0.29) is 6.09 Å². The van der Waals surface area contributed by atoms with Crippen molar-refractivity contribution in [2.75, 3.05) is 13.1 Å². The van der Waals surface area contributed by atoms with Crippen molar-refractivity contribution in [1.29, 1.82) is 0 Å². The predicted octanol–water partition coefficient (Wildman–Crippen LogP) is 3.41. The van der Waals surface area contributed by atoms with E-state index in [9.17, 15) is 4.79 Å². The molecule has 1 saturated heterocycles. The summed E-state index contributed by atoms with van der Waals surface area (Å²) in [6, 6.07) is 5.00. The summed E-state index contributed by atoms with van der Waals surface area (Å²) in [6.45, 7) is 9.33. The molecule has 0 aromatic carbocycles. The van der Waals surface area contributed by atoms with Crippen LogP contribution in [-0.4, -0.2) is 35.7 Å². The third-order valence-corrected chi connectivity index (χ3v) is 4.25. The fourth-order valence-corrected chi connectivity index (χ4v) is 3.11. The third kappa shape index (κ3) is 3.96. The van der Waals surface area contributed by atoms with Crippen molar-refractivity contribution < 1.29 is 9.53 Å². The van der Waals surface area contributed by atoms with Gasteiger partial charge in [-0.3, -0.25) is 0 Å². The van der Waals surface area contributed by atoms with Gasteiger partial charge in [-0.1, -0.05) is 13.0 Å². The minimum absolute atomic E-state index is 0.209. The maximum Gasteiger partial charge on any atom is 0.410 e. The molecule has 1 unspecified atom stereocenters. The summed E-state index contributed by atoms with van der Waals surface area (Å²) in [5.74, 6) is 0. The fraction of sp³-hybridized carbons (Fsp3) is 0.667. The first-order valence-electron chi connectivity index (χ1n) is 7.16. The van der Waals surface area contributed by atoms with E-state index in [0.717, 1.165) is 19.5 Å². The molecule has 0 radical (unpaired) electrons. The topological polar surface area (TPSA) is 41.6 Å². The van der Waals surface area contributed by atoms with Gasteiger partial charge in [0.1, 0.15) is 5.60 Å². The molecule has 0 aliphatic carbocycles. The second-order valence-corrected chi connectivity index (χ2v) is 7.20. The number of ether oxygens (including phenoxy) is 1. The van der Waals surface area contributed by atoms with Crippen molar-refractivity contribution in [3.8, 4) is 0 Å². The number of nitrogens with one attached hydrogen (secondary N) is 1. The third-order valence-electron chi connectivity index (χ3n) is 3.27. The second-order valence-electron chi connectivity index (χ2n) is 6.23. The lowest BCUT2D eigenvalue weighted by Crippen LogP contribution is -2.60. The lowest BCUT2D eigenvalue weighted by atomic mass is 10.1. The summed E-state index contributed by atoms with van der Waals surface area (Å²) in [5, 5.41) is 5.72. The van der Waals surface area contributed by atoms with Crippen LogP contribution in [0.3, 0.4) is 0 Å². The number of amides is 1. The van der Waals surface area contributed by atoms with Crippen molar-refractivity contribution in [1.82, 2.24) is 10.2 Å². The second kappa shape index (κ2) is 6.14. The average molecular weight is 296 g/mol. The highest BCUT2D eigenvalue weighted by Crippen LogP contribution is 2.24. The highest BCUT2D eigenvalue weighted by atomic mass is 32.1. The van der Waals surface area contributed by atoms with E-state index >= 15 is 0 Å². The van der Waals surface area contributed by atoms with Crippen molar-refractivity contribution in [3.05, 3.63) is 22.4 Å². The zero-order valence-electron chi connectivity index (χ0n) is 12.7. The molecule has 1 aromatic heterocycles. The maximum absolute atomic E-state index is 11.8. The molecule has 1 aliphatic heterocycles. The molecule has 4 nitrogen and oxygen atoms in total. The lowest BCUT2D eigenvalue weighted by molar-refractivity contribution is 0.00412. The van der Waals surface area contributed by atoms with Gasteiger partial charge in [0.15, 0.2) is 0 Å². The van der Waals surface area contributed by atoms with Crippen LogP contribution in [0.2, 0.25) is 0 Å². The Kier molecular flexibility index (Phi) is 4.70. The molecule has 0 bridgehead atoms. The van der Waals surface area contributed by atoms with Gasteiger partial charge in [0.05, 0.1) is 0 Å². The van der Waals surface area contributed by atoms with Crippen LogP contribution in [0, 0.1) is 0 Å². The molecule has 112 valence electrons. The van der Waals surface area contributed by atoms with Crippen LogP contribution < -0.4 is 5.32 Å². The molecule has 5 heteroatoms. The van der Waals surface area contributed by atoms with Gasteiger partial charge in [-0.05, 0) is 38.6 Å². The Morgan fingerprint density at radius 3 is 2.75 bits per heavy atom. The quantitative estimate of drug-likeness (QED) is 0.926. The summed E-state index contributed by atoms with van der Waals surface area (Å²) < 4.78 is 5.35. The zero-order valence-corrected chi connectivity index (χ0v) is 13.5. The molecule has 0 spiro atoms. The normalized spacial score (nSPS) is 17.7. The van der Waals surface area contributed by atoms with E-state index in [1.165, 1.54) is 4.88 Å². The molecule has 1 aliphatic rings. The van der Waals surface area contributed by atoms with Gasteiger partial charge in [-0.15, -0.1) is 11.3 Å². The molecule has 1 N–H and O–H groups in total. The largest absolute Gasteiger partial charge is 0.444 e. The van der Waals surface area contributed by atoms with Crippen LogP contribution in [0.15, 0.2) is 17.5 Å². The van der Waals surface area contributed by atoms with E-state index in [2.05, 4.69) is 29.8 Å². The monoisotopic (exact) mass is 296 g/mol. The molecule has 2 rings (SSSR count). The minimum atomic E-state index is -0.418. The van der Waals surface area contributed by atoms with E-state index in [1.54, 1.807) is 16.2 Å². The number of likely N-dealkylation sites (tertiary alicyclic amines) is 1. The molecule has 20 heavy (non-hydrogen) atoms. The van der Waals surface area contributed by atoms with Gasteiger partial charge in [0.2, 0.25) is 0 Å². The molecular weight excluding hydrogens is 272 g/mol. The summed E-state index contributed by atoms with van der Waals surface area (Å²) >= 11 is 1.78. The summed E-state index contributed by atoms with van der Waals surface area (Å²) in [7, 11) is 0. The van der Waals surface area contributed by atoms with E-state index < -0.39 is 5.60 Å². The first-order valence-corrected chi connectivity index (χ1v) is 8.04. The average Bonchev–Trinajstić information content (AvgIpc) is 2.78. The van der Waals surface area contributed by atoms with E-state index in [0.29, 0.717) is 12.1 Å². The predicted molar refractivity (Wildman–Crippen MR) is 82.1 cm³/mol. The number of nitrogens with zero attached hydrogens (tertiary/aromatic N) is 1. The summed E-state index contributed by atoms with van der Waals surface area (Å²) in [5.41, 5.74) is -0.418. The van der Waals surface area contributed by atoms with Crippen LogP contribution in [-0.2, 0) is 4.74 Å². The number of carbonyl (C=O) groups is 1. The Labute approximate surface area is 125 Å². The molecular formula is C15H24N2O2S. The highest BCUT2D eigenvalue weighted by molar-refractivity contribution is 7.10. The zero-order chi connectivity index (χ0) is 14.8. The van der Waals surface area contributed by atoms with Crippen molar-refractivity contribution in [3.63, 3.8) is 0 Å². The number of carbonyl (C=O) groups excluding carboxylic acids is 1. The lowest BCUT2D eigenvalue weighted by Gasteiger charge is -2.41. The number of rotatable bonds is 4. The smallest absolute Gasteiger partial charge is 0.410 e. The number of hydrogen-bond donors (Lipinski definition) is 1. The van der Waals surface area contributed by atoms with Gasteiger partial charge < -0.3 is 15.0 Å². The summed E-state index contributed by atoms with van der Waals surface area (Å²) in [6.07, 6.45) is 0.850. The van der Waals surface area contributed by atoms with Crippen LogP contribution in [0.4, 0.5) is 4.79 Å². The standard InChI is InChI=1S/C15H24N2O2S/c1-5-12(13-7-6-8-20-13)16-11-9-17(10-11)14(18)19-15(2,3)4/h6-8,11-12,16H,5,9-10H2,1-4H3. The van der Waals surface area contributed by atoms with Crippen LogP contribution in [0.25, 0.3) is 0 Å². The van der Waals surface area contributed by atoms with Crippen molar-refractivity contribution in [2.24, 2.45) is 0 Å². The molecule has 2 heterocycles. The number of thiophene rings is 1. The Bertz CT molecular complexity index is 433. The minimum Gasteiger partial charge on any atom is -0.444 e. The first kappa shape index (κ1) is 15.3. The van der Waals surface area contributed by atoms with Gasteiger partial charge in [0.25, 0.3) is 0 Å². The first-order chi connectivity index (χ1) is 9.39. The number of hydrogen-bond acceptors (Lipinski definition) is 4. The van der Waals surface area contributed by atoms with E-state index in [1.807, 2.05) is 20.8 Å². The SMILES string of the molecule is CCC(NC1CN(C(=O)OC(C)(C)C)C1)c1cccs1.